The molecule has 0 saturated heterocycles. The molecule has 0 spiro atoms. The van der Waals surface area contributed by atoms with Crippen LogP contribution < -0.4 is 0 Å². The van der Waals surface area contributed by atoms with Gasteiger partial charge in [-0.25, -0.2) is 0 Å². The van der Waals surface area contributed by atoms with Gasteiger partial charge in [0.2, 0.25) is 0 Å². The molecule has 1 atom stereocenters. The Kier molecular flexibility index (Phi) is 5.70. The summed E-state index contributed by atoms with van der Waals surface area (Å²) in [5, 5.41) is 0. The summed E-state index contributed by atoms with van der Waals surface area (Å²) in [6, 6.07) is 0. The molecular weight excluding hydrogens is 247 g/mol. The molecule has 1 rings (SSSR count). The van der Waals surface area contributed by atoms with Crippen LogP contribution in [0.5, 0.6) is 0 Å². The van der Waals surface area contributed by atoms with Gasteiger partial charge in [0.25, 0.3) is 0 Å². The molecule has 1 aliphatic rings. The van der Waals surface area contributed by atoms with Gasteiger partial charge in [0.1, 0.15) is 0 Å². The second kappa shape index (κ2) is 5.34. The van der Waals surface area contributed by atoms with Gasteiger partial charge in [0, 0.05) is 35.6 Å². The first-order valence-corrected chi connectivity index (χ1v) is 3.70. The Hall–Kier alpha value is 0.675. The van der Waals surface area contributed by atoms with Crippen molar-refractivity contribution in [1.82, 2.24) is 0 Å². The Bertz CT molecular complexity index is 145. The predicted molar refractivity (Wildman–Crippen MR) is 41.3 cm³/mol. The van der Waals surface area contributed by atoms with E-state index in [9.17, 15) is 0 Å². The normalized spacial score (nSPS) is 18.0. The molecule has 0 N–H and O–H groups in total. The summed E-state index contributed by atoms with van der Waals surface area (Å²) in [5.41, 5.74) is 1.59. The fourth-order valence-corrected chi connectivity index (χ4v) is 1.09. The number of hydrogen-bond acceptors (Lipinski definition) is 0. The van der Waals surface area contributed by atoms with Gasteiger partial charge in [-0.3, -0.25) is 0 Å². The van der Waals surface area contributed by atoms with Crippen LogP contribution in [-0.2, 0) is 0 Å². The van der Waals surface area contributed by atoms with Crippen LogP contribution in [0.2, 0.25) is 0 Å². The van der Waals surface area contributed by atoms with Crippen molar-refractivity contribution in [3.05, 3.63) is 23.8 Å². The van der Waals surface area contributed by atoms with Crippen LogP contribution >= 0.6 is 0 Å². The van der Waals surface area contributed by atoms with Crippen molar-refractivity contribution >= 4 is 0 Å². The average Bonchev–Trinajstić information content (AvgIpc) is 2.37. The van der Waals surface area contributed by atoms with E-state index in [0.717, 1.165) is 5.92 Å². The zero-order valence-corrected chi connectivity index (χ0v) is 10.4. The van der Waals surface area contributed by atoms with Crippen molar-refractivity contribution in [2.24, 2.45) is 5.92 Å². The number of hydrogen-bond donors (Lipinski definition) is 0. The van der Waals surface area contributed by atoms with E-state index in [1.807, 2.05) is 0 Å². The molecule has 0 heterocycles. The van der Waals surface area contributed by atoms with Gasteiger partial charge in [0.05, 0.1) is 0 Å². The van der Waals surface area contributed by atoms with Crippen molar-refractivity contribution in [3.63, 3.8) is 0 Å². The van der Waals surface area contributed by atoms with E-state index in [-0.39, 0.29) is 35.6 Å². The van der Waals surface area contributed by atoms with Crippen LogP contribution in [0.3, 0.4) is 0 Å². The first-order chi connectivity index (χ1) is 4.34. The van der Waals surface area contributed by atoms with Crippen LogP contribution in [0.15, 0.2) is 23.8 Å². The minimum Gasteiger partial charge on any atom is -0.0805 e. The van der Waals surface area contributed by atoms with Crippen LogP contribution in [0, 0.1) is 41.5 Å². The third-order valence-corrected chi connectivity index (χ3v) is 2.05. The summed E-state index contributed by atoms with van der Waals surface area (Å²) in [7, 11) is 0. The summed E-state index contributed by atoms with van der Waals surface area (Å²) in [6.45, 7) is 4.53. The maximum absolute atomic E-state index is 2.29. The summed E-state index contributed by atoms with van der Waals surface area (Å²) in [5.74, 6) is 0.792. The van der Waals surface area contributed by atoms with Gasteiger partial charge >= 0.3 is 0 Å². The molecule has 1 radical (unpaired) electrons. The zero-order chi connectivity index (χ0) is 6.69. The Morgan fingerprint density at radius 2 is 2.30 bits per heavy atom. The quantitative estimate of drug-likeness (QED) is 0.717. The molecule has 1 unspecified atom stereocenters. The minimum absolute atomic E-state index is 0. The fraction of sp³-hybridized carbons (Fsp3) is 0.556. The maximum atomic E-state index is 2.29. The Morgan fingerprint density at radius 1 is 1.60 bits per heavy atom. The molecule has 0 aromatic carbocycles. The monoisotopic (exact) mass is 261 g/mol. The fourth-order valence-electron chi connectivity index (χ4n) is 1.09. The molecule has 0 nitrogen and oxygen atoms in total. The van der Waals surface area contributed by atoms with Crippen LogP contribution in [0.4, 0.5) is 0 Å². The molecule has 0 fully saturated rings. The van der Waals surface area contributed by atoms with E-state index >= 15 is 0 Å². The topological polar surface area (TPSA) is 0 Å². The van der Waals surface area contributed by atoms with Crippen LogP contribution in [0.25, 0.3) is 0 Å². The summed E-state index contributed by atoms with van der Waals surface area (Å²) in [6.07, 6.45) is 9.08. The van der Waals surface area contributed by atoms with Gasteiger partial charge in [0.15, 0.2) is 0 Å². The van der Waals surface area contributed by atoms with Gasteiger partial charge in [-0.1, -0.05) is 37.6 Å². The maximum Gasteiger partial charge on any atom is 0 e. The third-order valence-electron chi connectivity index (χ3n) is 2.05. The SMILES string of the molecule is CCC(C)C1=CC=CC1.[La]. The number of allylic oxidation sites excluding steroid dienone is 4. The van der Waals surface area contributed by atoms with Gasteiger partial charge in [-0.2, -0.15) is 0 Å². The van der Waals surface area contributed by atoms with Crippen molar-refractivity contribution in [2.75, 3.05) is 0 Å². The van der Waals surface area contributed by atoms with E-state index in [1.165, 1.54) is 12.8 Å². The molecule has 1 heteroatoms. The molecule has 0 aromatic rings. The van der Waals surface area contributed by atoms with Crippen LogP contribution in [0.1, 0.15) is 26.7 Å². The van der Waals surface area contributed by atoms with E-state index in [1.54, 1.807) is 5.57 Å². The average molecular weight is 261 g/mol. The van der Waals surface area contributed by atoms with Gasteiger partial charge < -0.3 is 0 Å². The Labute approximate surface area is 91.4 Å². The zero-order valence-electron chi connectivity index (χ0n) is 6.80. The predicted octanol–water partition coefficient (Wildman–Crippen LogP) is 2.92. The largest absolute Gasteiger partial charge is 0.0805 e. The molecular formula is C9H14La. The molecule has 1 aliphatic carbocycles. The Balaban J connectivity index is 0.000000810. The molecule has 0 amide bonds. The van der Waals surface area contributed by atoms with Crippen molar-refractivity contribution < 1.29 is 35.6 Å². The van der Waals surface area contributed by atoms with Gasteiger partial charge in [-0.05, 0) is 18.8 Å². The number of rotatable bonds is 2. The van der Waals surface area contributed by atoms with Crippen LogP contribution in [-0.4, -0.2) is 0 Å². The Morgan fingerprint density at radius 3 is 2.70 bits per heavy atom. The van der Waals surface area contributed by atoms with Crippen molar-refractivity contribution in [1.29, 1.82) is 0 Å². The van der Waals surface area contributed by atoms with E-state index in [0.29, 0.717) is 0 Å². The summed E-state index contributed by atoms with van der Waals surface area (Å²) < 4.78 is 0. The molecule has 0 saturated carbocycles. The standard InChI is InChI=1S/C9H14.La/c1-3-8(2)9-6-4-5-7-9;/h4-6,8H,3,7H2,1-2H3;. The van der Waals surface area contributed by atoms with Crippen molar-refractivity contribution in [3.8, 4) is 0 Å². The molecule has 0 aliphatic heterocycles. The third kappa shape index (κ3) is 2.73. The second-order valence-electron chi connectivity index (χ2n) is 2.68. The first kappa shape index (κ1) is 10.7. The molecule has 0 aromatic heterocycles. The van der Waals surface area contributed by atoms with E-state index < -0.39 is 0 Å². The summed E-state index contributed by atoms with van der Waals surface area (Å²) in [4.78, 5) is 0. The smallest absolute Gasteiger partial charge is 0 e. The molecule has 53 valence electrons. The minimum atomic E-state index is 0. The van der Waals surface area contributed by atoms with Gasteiger partial charge in [-0.15, -0.1) is 0 Å². The van der Waals surface area contributed by atoms with E-state index in [4.69, 9.17) is 0 Å². The summed E-state index contributed by atoms with van der Waals surface area (Å²) >= 11 is 0. The first-order valence-electron chi connectivity index (χ1n) is 3.70. The second-order valence-corrected chi connectivity index (χ2v) is 2.68. The molecule has 10 heavy (non-hydrogen) atoms. The molecule has 0 bridgehead atoms. The van der Waals surface area contributed by atoms with Crippen molar-refractivity contribution in [2.45, 2.75) is 26.7 Å². The van der Waals surface area contributed by atoms with E-state index in [2.05, 4.69) is 32.1 Å².